The molecular formula is C22H26N2O4S. The number of rotatable bonds is 3. The van der Waals surface area contributed by atoms with Gasteiger partial charge in [-0.05, 0) is 80.5 Å². The zero-order valence-electron chi connectivity index (χ0n) is 16.6. The lowest BCUT2D eigenvalue weighted by molar-refractivity contribution is 0.0362. The fraction of sp³-hybridized carbons (Fsp3) is 0.500. The summed E-state index contributed by atoms with van der Waals surface area (Å²) in [5.41, 5.74) is 5.75. The highest BCUT2D eigenvalue weighted by Gasteiger charge is 2.34. The molecule has 2 unspecified atom stereocenters. The summed E-state index contributed by atoms with van der Waals surface area (Å²) in [4.78, 5) is 12.7. The van der Waals surface area contributed by atoms with Crippen molar-refractivity contribution in [2.75, 3.05) is 5.32 Å². The summed E-state index contributed by atoms with van der Waals surface area (Å²) in [6, 6.07) is 3.44. The van der Waals surface area contributed by atoms with Crippen molar-refractivity contribution in [3.8, 4) is 0 Å². The minimum absolute atomic E-state index is 0.177. The Morgan fingerprint density at radius 2 is 1.76 bits per heavy atom. The number of hydrogen-bond donors (Lipinski definition) is 3. The number of nitrogens with one attached hydrogen (secondary N) is 2. The van der Waals surface area contributed by atoms with E-state index < -0.39 is 22.6 Å². The highest BCUT2D eigenvalue weighted by Crippen LogP contribution is 2.39. The smallest absolute Gasteiger partial charge is 0.331 e. The second-order valence-electron chi connectivity index (χ2n) is 8.59. The van der Waals surface area contributed by atoms with Crippen LogP contribution >= 0.6 is 0 Å². The largest absolute Gasteiger partial charge is 0.450 e. The van der Waals surface area contributed by atoms with Gasteiger partial charge >= 0.3 is 6.03 Å². The van der Waals surface area contributed by atoms with Gasteiger partial charge in [0.1, 0.15) is 5.76 Å². The highest BCUT2D eigenvalue weighted by molar-refractivity contribution is 7.83. The van der Waals surface area contributed by atoms with Gasteiger partial charge in [0.05, 0.1) is 5.60 Å². The van der Waals surface area contributed by atoms with Crippen LogP contribution in [0.1, 0.15) is 66.2 Å². The monoisotopic (exact) mass is 414 g/mol. The van der Waals surface area contributed by atoms with Crippen LogP contribution in [-0.4, -0.2) is 15.3 Å². The van der Waals surface area contributed by atoms with E-state index in [-0.39, 0.29) is 5.09 Å². The van der Waals surface area contributed by atoms with Crippen molar-refractivity contribution in [1.82, 2.24) is 4.72 Å². The normalized spacial score (nSPS) is 23.2. The molecular weight excluding hydrogens is 388 g/mol. The molecule has 1 heterocycles. The molecule has 0 saturated heterocycles. The summed E-state index contributed by atoms with van der Waals surface area (Å²) in [7, 11) is -1.82. The van der Waals surface area contributed by atoms with Crippen LogP contribution in [-0.2, 0) is 48.7 Å². The Bertz CT molecular complexity index is 992. The Hall–Kier alpha value is -2.12. The lowest BCUT2D eigenvalue weighted by atomic mass is 9.85. The standard InChI is InChI=1S/C22H26N2O4S/c1-22(26)10-4-9-18-17(22)12-19(28-18)29(27)24-21(25)23-20-15-7-2-5-13(15)11-14-6-3-8-16(14)20/h11-12,26H,2-10H2,1H3,(H2,23,24,25). The summed E-state index contributed by atoms with van der Waals surface area (Å²) < 4.78 is 20.9. The SMILES string of the molecule is CC1(O)CCCc2oc(S(=O)NC(=O)Nc3c4c(cc5c3CCC5)CCC4)cc21. The van der Waals surface area contributed by atoms with Crippen LogP contribution < -0.4 is 10.0 Å². The number of carbonyl (C=O) groups excluding carboxylic acids is 1. The molecule has 0 radical (unpaired) electrons. The summed E-state index contributed by atoms with van der Waals surface area (Å²) in [5, 5.41) is 13.7. The van der Waals surface area contributed by atoms with Crippen molar-refractivity contribution >= 4 is 22.7 Å². The lowest BCUT2D eigenvalue weighted by Crippen LogP contribution is -2.31. The van der Waals surface area contributed by atoms with Gasteiger partial charge in [-0.25, -0.2) is 13.7 Å². The number of benzene rings is 1. The van der Waals surface area contributed by atoms with E-state index in [0.717, 1.165) is 50.6 Å². The fourth-order valence-corrected chi connectivity index (χ4v) is 5.83. The van der Waals surface area contributed by atoms with Gasteiger partial charge < -0.3 is 14.8 Å². The molecule has 1 aromatic carbocycles. The van der Waals surface area contributed by atoms with E-state index in [1.165, 1.54) is 22.3 Å². The average molecular weight is 415 g/mol. The maximum atomic E-state index is 12.7. The van der Waals surface area contributed by atoms with Gasteiger partial charge in [-0.2, -0.15) is 0 Å². The van der Waals surface area contributed by atoms with Crippen LogP contribution in [0.4, 0.5) is 10.5 Å². The number of carbonyl (C=O) groups is 1. The van der Waals surface area contributed by atoms with Crippen LogP contribution in [0.3, 0.4) is 0 Å². The summed E-state index contributed by atoms with van der Waals surface area (Å²) in [6.07, 6.45) is 8.45. The first-order valence-electron chi connectivity index (χ1n) is 10.4. The number of amides is 2. The van der Waals surface area contributed by atoms with E-state index in [2.05, 4.69) is 16.1 Å². The zero-order valence-corrected chi connectivity index (χ0v) is 17.4. The van der Waals surface area contributed by atoms with Crippen molar-refractivity contribution in [2.45, 2.75) is 75.4 Å². The molecule has 2 amide bonds. The van der Waals surface area contributed by atoms with Crippen LogP contribution in [0.5, 0.6) is 0 Å². The maximum Gasteiger partial charge on any atom is 0.331 e. The fourth-order valence-electron chi connectivity index (χ4n) is 5.11. The molecule has 3 aliphatic carbocycles. The number of furan rings is 1. The van der Waals surface area contributed by atoms with E-state index in [0.29, 0.717) is 24.2 Å². The summed E-state index contributed by atoms with van der Waals surface area (Å²) >= 11 is 0. The molecule has 2 atom stereocenters. The van der Waals surface area contributed by atoms with Crippen molar-refractivity contribution in [3.05, 3.63) is 45.7 Å². The van der Waals surface area contributed by atoms with E-state index in [1.54, 1.807) is 13.0 Å². The number of fused-ring (bicyclic) bond motifs is 3. The number of anilines is 1. The molecule has 0 saturated carbocycles. The van der Waals surface area contributed by atoms with Gasteiger partial charge in [-0.1, -0.05) is 6.07 Å². The molecule has 5 rings (SSSR count). The Labute approximate surface area is 172 Å². The predicted molar refractivity (Wildman–Crippen MR) is 110 cm³/mol. The zero-order chi connectivity index (χ0) is 20.2. The lowest BCUT2D eigenvalue weighted by Gasteiger charge is -2.26. The van der Waals surface area contributed by atoms with Crippen LogP contribution in [0.2, 0.25) is 0 Å². The van der Waals surface area contributed by atoms with Gasteiger partial charge in [-0.3, -0.25) is 0 Å². The molecule has 2 aromatic rings. The van der Waals surface area contributed by atoms with Crippen molar-refractivity contribution in [1.29, 1.82) is 0 Å². The second-order valence-corrected chi connectivity index (χ2v) is 9.73. The maximum absolute atomic E-state index is 12.7. The third-order valence-electron chi connectivity index (χ3n) is 6.51. The van der Waals surface area contributed by atoms with Gasteiger partial charge in [-0.15, -0.1) is 0 Å². The van der Waals surface area contributed by atoms with Gasteiger partial charge in [0.15, 0.2) is 11.0 Å². The van der Waals surface area contributed by atoms with Crippen molar-refractivity contribution in [2.24, 2.45) is 0 Å². The molecule has 3 aliphatic rings. The number of hydrogen-bond acceptors (Lipinski definition) is 4. The van der Waals surface area contributed by atoms with E-state index in [4.69, 9.17) is 4.42 Å². The van der Waals surface area contributed by atoms with Crippen LogP contribution in [0.25, 0.3) is 0 Å². The Morgan fingerprint density at radius 1 is 1.07 bits per heavy atom. The van der Waals surface area contributed by atoms with E-state index in [9.17, 15) is 14.1 Å². The van der Waals surface area contributed by atoms with Crippen molar-refractivity contribution in [3.63, 3.8) is 0 Å². The topological polar surface area (TPSA) is 91.6 Å². The molecule has 29 heavy (non-hydrogen) atoms. The molecule has 0 fully saturated rings. The number of aliphatic hydroxyl groups is 1. The summed E-state index contributed by atoms with van der Waals surface area (Å²) in [6.45, 7) is 1.74. The van der Waals surface area contributed by atoms with E-state index >= 15 is 0 Å². The first-order chi connectivity index (χ1) is 13.9. The van der Waals surface area contributed by atoms with Gasteiger partial charge in [0.2, 0.25) is 5.09 Å². The van der Waals surface area contributed by atoms with Crippen LogP contribution in [0, 0.1) is 0 Å². The molecule has 6 nitrogen and oxygen atoms in total. The highest BCUT2D eigenvalue weighted by atomic mass is 32.2. The Morgan fingerprint density at radius 3 is 2.41 bits per heavy atom. The molecule has 0 aliphatic heterocycles. The van der Waals surface area contributed by atoms with Crippen LogP contribution in [0.15, 0.2) is 21.6 Å². The van der Waals surface area contributed by atoms with Gasteiger partial charge in [0.25, 0.3) is 0 Å². The predicted octanol–water partition coefficient (Wildman–Crippen LogP) is 3.65. The minimum Gasteiger partial charge on any atom is -0.450 e. The third-order valence-corrected chi connectivity index (χ3v) is 7.45. The van der Waals surface area contributed by atoms with Crippen molar-refractivity contribution < 1.29 is 18.5 Å². The number of urea groups is 1. The average Bonchev–Trinajstić information content (AvgIpc) is 3.40. The Kier molecular flexibility index (Phi) is 4.55. The van der Waals surface area contributed by atoms with E-state index in [1.807, 2.05) is 0 Å². The Balaban J connectivity index is 1.35. The summed E-state index contributed by atoms with van der Waals surface area (Å²) in [5.74, 6) is 0.658. The molecule has 3 N–H and O–H groups in total. The molecule has 1 aromatic heterocycles. The quantitative estimate of drug-likeness (QED) is 0.715. The second kappa shape index (κ2) is 6.99. The minimum atomic E-state index is -1.82. The molecule has 7 heteroatoms. The molecule has 0 bridgehead atoms. The van der Waals surface area contributed by atoms with Gasteiger partial charge in [0, 0.05) is 23.7 Å². The molecule has 154 valence electrons. The first-order valence-corrected chi connectivity index (χ1v) is 11.6. The molecule has 0 spiro atoms. The third kappa shape index (κ3) is 3.30. The number of aryl methyl sites for hydroxylation is 3. The first kappa shape index (κ1) is 18.9.